The lowest BCUT2D eigenvalue weighted by Crippen LogP contribution is -2.30. The van der Waals surface area contributed by atoms with Crippen molar-refractivity contribution >= 4 is 28.6 Å². The van der Waals surface area contributed by atoms with Crippen molar-refractivity contribution in [2.75, 3.05) is 0 Å². The molecule has 0 aliphatic heterocycles. The van der Waals surface area contributed by atoms with E-state index in [1.165, 1.54) is 0 Å². The summed E-state index contributed by atoms with van der Waals surface area (Å²) in [5.74, 6) is -0.0401. The quantitative estimate of drug-likeness (QED) is 0.302. The molecule has 3 heterocycles. The Morgan fingerprint density at radius 1 is 0.848 bits per heavy atom. The molecule has 4 nitrogen and oxygen atoms in total. The van der Waals surface area contributed by atoms with Gasteiger partial charge in [0.25, 0.3) is 0 Å². The van der Waals surface area contributed by atoms with Gasteiger partial charge in [0.2, 0.25) is 5.91 Å². The molecule has 2 aromatic carbocycles. The maximum atomic E-state index is 13.3. The lowest BCUT2D eigenvalue weighted by molar-refractivity contribution is -0.120. The molecule has 0 aliphatic rings. The molecule has 1 atom stereocenters. The first-order valence-electron chi connectivity index (χ1n) is 10.6. The molecule has 33 heavy (non-hydrogen) atoms. The summed E-state index contributed by atoms with van der Waals surface area (Å²) in [5.41, 5.74) is 3.98. The highest BCUT2D eigenvalue weighted by atomic mass is 32.1. The predicted molar refractivity (Wildman–Crippen MR) is 135 cm³/mol. The Hall–Kier alpha value is -3.61. The maximum Gasteiger partial charge on any atom is 0.226 e. The van der Waals surface area contributed by atoms with E-state index in [1.54, 1.807) is 35.1 Å². The molecular formula is C27H21N3OS2. The monoisotopic (exact) mass is 467 g/mol. The molecule has 0 aliphatic carbocycles. The van der Waals surface area contributed by atoms with Crippen LogP contribution in [0, 0.1) is 0 Å². The standard InChI is InChI=1S/C27H21N3OS2/c31-24(29-25(19-8-3-1-4-9-19)20-13-15-28-16-14-20)18-23-26(22-12-7-17-32-22)30-27(33-23)21-10-5-2-6-11-21/h1-17,25H,18H2,(H,29,31). The average Bonchev–Trinajstić information content (AvgIpc) is 3.54. The molecule has 5 rings (SSSR count). The van der Waals surface area contributed by atoms with Crippen molar-refractivity contribution in [2.24, 2.45) is 0 Å². The summed E-state index contributed by atoms with van der Waals surface area (Å²) in [5, 5.41) is 6.20. The van der Waals surface area contributed by atoms with Gasteiger partial charge in [-0.15, -0.1) is 22.7 Å². The largest absolute Gasteiger partial charge is 0.345 e. The third-order valence-corrected chi connectivity index (χ3v) is 7.25. The van der Waals surface area contributed by atoms with E-state index < -0.39 is 0 Å². The molecular weight excluding hydrogens is 446 g/mol. The lowest BCUT2D eigenvalue weighted by Gasteiger charge is -2.19. The number of hydrogen-bond donors (Lipinski definition) is 1. The predicted octanol–water partition coefficient (Wildman–Crippen LogP) is 6.38. The summed E-state index contributed by atoms with van der Waals surface area (Å²) in [6.45, 7) is 0. The number of amides is 1. The van der Waals surface area contributed by atoms with Crippen LogP contribution in [0.2, 0.25) is 0 Å². The molecule has 0 bridgehead atoms. The fraction of sp³-hybridized carbons (Fsp3) is 0.0741. The van der Waals surface area contributed by atoms with Crippen LogP contribution in [0.1, 0.15) is 22.0 Å². The highest BCUT2D eigenvalue weighted by Crippen LogP contribution is 2.36. The minimum absolute atomic E-state index is 0.0401. The second-order valence-corrected chi connectivity index (χ2v) is 9.53. The van der Waals surface area contributed by atoms with Gasteiger partial charge in [0, 0.05) is 22.8 Å². The van der Waals surface area contributed by atoms with Gasteiger partial charge in [-0.1, -0.05) is 66.7 Å². The maximum absolute atomic E-state index is 13.3. The summed E-state index contributed by atoms with van der Waals surface area (Å²) in [7, 11) is 0. The number of benzene rings is 2. The fourth-order valence-electron chi connectivity index (χ4n) is 3.70. The second kappa shape index (κ2) is 9.90. The molecule has 0 radical (unpaired) electrons. The van der Waals surface area contributed by atoms with Crippen LogP contribution in [0.5, 0.6) is 0 Å². The van der Waals surface area contributed by atoms with Gasteiger partial charge in [0.05, 0.1) is 23.0 Å². The van der Waals surface area contributed by atoms with E-state index >= 15 is 0 Å². The summed E-state index contributed by atoms with van der Waals surface area (Å²) in [6.07, 6.45) is 3.77. The molecule has 1 N–H and O–H groups in total. The van der Waals surface area contributed by atoms with E-state index in [2.05, 4.69) is 28.5 Å². The second-order valence-electron chi connectivity index (χ2n) is 7.50. The molecule has 5 aromatic rings. The number of nitrogens with one attached hydrogen (secondary N) is 1. The van der Waals surface area contributed by atoms with Gasteiger partial charge in [-0.05, 0) is 34.7 Å². The van der Waals surface area contributed by atoms with Gasteiger partial charge in [0.1, 0.15) is 5.01 Å². The van der Waals surface area contributed by atoms with Gasteiger partial charge in [-0.25, -0.2) is 4.98 Å². The van der Waals surface area contributed by atoms with Gasteiger partial charge in [-0.3, -0.25) is 9.78 Å². The lowest BCUT2D eigenvalue weighted by atomic mass is 9.99. The average molecular weight is 468 g/mol. The van der Waals surface area contributed by atoms with E-state index in [4.69, 9.17) is 4.98 Å². The van der Waals surface area contributed by atoms with E-state index in [9.17, 15) is 4.79 Å². The van der Waals surface area contributed by atoms with E-state index in [-0.39, 0.29) is 18.4 Å². The number of carbonyl (C=O) groups is 1. The fourth-order valence-corrected chi connectivity index (χ4v) is 5.59. The van der Waals surface area contributed by atoms with Gasteiger partial charge < -0.3 is 5.32 Å². The van der Waals surface area contributed by atoms with E-state index in [0.717, 1.165) is 37.1 Å². The molecule has 0 spiro atoms. The number of aromatic nitrogens is 2. The number of thiazole rings is 1. The van der Waals surface area contributed by atoms with E-state index in [1.807, 2.05) is 72.1 Å². The first-order chi connectivity index (χ1) is 16.3. The highest BCUT2D eigenvalue weighted by molar-refractivity contribution is 7.17. The highest BCUT2D eigenvalue weighted by Gasteiger charge is 2.21. The van der Waals surface area contributed by atoms with Crippen molar-refractivity contribution in [1.29, 1.82) is 0 Å². The van der Waals surface area contributed by atoms with Crippen molar-refractivity contribution in [3.05, 3.63) is 119 Å². The summed E-state index contributed by atoms with van der Waals surface area (Å²) in [6, 6.07) is 27.8. The summed E-state index contributed by atoms with van der Waals surface area (Å²) in [4.78, 5) is 24.4. The summed E-state index contributed by atoms with van der Waals surface area (Å²) >= 11 is 3.22. The molecule has 3 aromatic heterocycles. The van der Waals surface area contributed by atoms with E-state index in [0.29, 0.717) is 0 Å². The van der Waals surface area contributed by atoms with Gasteiger partial charge in [-0.2, -0.15) is 0 Å². The number of pyridine rings is 1. The molecule has 0 saturated heterocycles. The minimum Gasteiger partial charge on any atom is -0.345 e. The molecule has 1 unspecified atom stereocenters. The van der Waals surface area contributed by atoms with Gasteiger partial charge in [0.15, 0.2) is 0 Å². The van der Waals surface area contributed by atoms with Crippen molar-refractivity contribution < 1.29 is 4.79 Å². The number of rotatable bonds is 7. The Balaban J connectivity index is 1.44. The van der Waals surface area contributed by atoms with Crippen molar-refractivity contribution in [3.8, 4) is 21.1 Å². The Morgan fingerprint density at radius 3 is 2.24 bits per heavy atom. The molecule has 0 fully saturated rings. The van der Waals surface area contributed by atoms with Crippen LogP contribution in [0.25, 0.3) is 21.1 Å². The number of thiophene rings is 1. The van der Waals surface area contributed by atoms with Crippen molar-refractivity contribution in [2.45, 2.75) is 12.5 Å². The van der Waals surface area contributed by atoms with Crippen molar-refractivity contribution in [3.63, 3.8) is 0 Å². The van der Waals surface area contributed by atoms with Crippen LogP contribution in [0.3, 0.4) is 0 Å². The van der Waals surface area contributed by atoms with Crippen LogP contribution in [0.15, 0.2) is 103 Å². The molecule has 6 heteroatoms. The normalized spacial score (nSPS) is 11.8. The molecule has 162 valence electrons. The van der Waals surface area contributed by atoms with Crippen LogP contribution in [0.4, 0.5) is 0 Å². The molecule has 0 saturated carbocycles. The van der Waals surface area contributed by atoms with Crippen molar-refractivity contribution in [1.82, 2.24) is 15.3 Å². The smallest absolute Gasteiger partial charge is 0.226 e. The third kappa shape index (κ3) is 4.92. The number of carbonyl (C=O) groups excluding carboxylic acids is 1. The van der Waals surface area contributed by atoms with Gasteiger partial charge >= 0.3 is 0 Å². The number of hydrogen-bond acceptors (Lipinski definition) is 5. The third-order valence-electron chi connectivity index (χ3n) is 5.27. The topological polar surface area (TPSA) is 54.9 Å². The SMILES string of the molecule is O=C(Cc1sc(-c2ccccc2)nc1-c1cccs1)NC(c1ccccc1)c1ccncc1. The Labute approximate surface area is 200 Å². The van der Waals surface area contributed by atoms with Crippen LogP contribution in [-0.2, 0) is 11.2 Å². The Kier molecular flexibility index (Phi) is 6.37. The Morgan fingerprint density at radius 2 is 1.55 bits per heavy atom. The molecule has 1 amide bonds. The first-order valence-corrected chi connectivity index (χ1v) is 12.3. The zero-order valence-electron chi connectivity index (χ0n) is 17.7. The van der Waals surface area contributed by atoms with Crippen LogP contribution >= 0.6 is 22.7 Å². The van der Waals surface area contributed by atoms with Crippen LogP contribution in [-0.4, -0.2) is 15.9 Å². The zero-order valence-corrected chi connectivity index (χ0v) is 19.4. The zero-order chi connectivity index (χ0) is 22.5. The first kappa shape index (κ1) is 21.2. The number of nitrogens with zero attached hydrogens (tertiary/aromatic N) is 2. The Bertz CT molecular complexity index is 1280. The van der Waals surface area contributed by atoms with Crippen LogP contribution < -0.4 is 5.32 Å². The minimum atomic E-state index is -0.242. The summed E-state index contributed by atoms with van der Waals surface area (Å²) < 4.78 is 0.